The Balaban J connectivity index is 1.78. The van der Waals surface area contributed by atoms with Crippen molar-refractivity contribution in [3.05, 3.63) is 23.0 Å². The number of likely N-dealkylation sites (tertiary alicyclic amines) is 2. The molecule has 0 aromatic carbocycles. The number of pyridine rings is 1. The molecule has 5 heteroatoms. The van der Waals surface area contributed by atoms with Gasteiger partial charge in [-0.05, 0) is 46.1 Å². The lowest BCUT2D eigenvalue weighted by molar-refractivity contribution is -0.130. The van der Waals surface area contributed by atoms with Crippen LogP contribution in [0, 0.1) is 13.8 Å². The van der Waals surface area contributed by atoms with Gasteiger partial charge in [-0.15, -0.1) is 0 Å². The van der Waals surface area contributed by atoms with E-state index in [0.717, 1.165) is 55.0 Å². The van der Waals surface area contributed by atoms with E-state index >= 15 is 0 Å². The van der Waals surface area contributed by atoms with Gasteiger partial charge < -0.3 is 9.64 Å². The SMILES string of the molecule is COc1c(C)cnc(CN2CCCC2C2CCCN2C(C)=O)c1C. The molecule has 3 heterocycles. The van der Waals surface area contributed by atoms with Crippen LogP contribution in [0.1, 0.15) is 49.4 Å². The van der Waals surface area contributed by atoms with Crippen LogP contribution in [0.3, 0.4) is 0 Å². The van der Waals surface area contributed by atoms with Gasteiger partial charge in [0.15, 0.2) is 0 Å². The summed E-state index contributed by atoms with van der Waals surface area (Å²) in [6.45, 7) is 8.68. The fourth-order valence-electron chi connectivity index (χ4n) is 4.49. The highest BCUT2D eigenvalue weighted by Crippen LogP contribution is 2.32. The average Bonchev–Trinajstić information content (AvgIpc) is 3.19. The Morgan fingerprint density at radius 2 is 1.96 bits per heavy atom. The molecule has 1 aromatic rings. The molecule has 1 amide bonds. The van der Waals surface area contributed by atoms with E-state index in [0.29, 0.717) is 12.1 Å². The molecule has 0 saturated carbocycles. The highest BCUT2D eigenvalue weighted by atomic mass is 16.5. The minimum Gasteiger partial charge on any atom is -0.496 e. The molecule has 2 unspecified atom stereocenters. The summed E-state index contributed by atoms with van der Waals surface area (Å²) >= 11 is 0. The van der Waals surface area contributed by atoms with E-state index in [9.17, 15) is 4.79 Å². The maximum atomic E-state index is 11.9. The zero-order chi connectivity index (χ0) is 17.3. The Labute approximate surface area is 145 Å². The van der Waals surface area contributed by atoms with E-state index in [1.54, 1.807) is 14.0 Å². The van der Waals surface area contributed by atoms with E-state index in [1.165, 1.54) is 12.8 Å². The molecule has 5 nitrogen and oxygen atoms in total. The highest BCUT2D eigenvalue weighted by Gasteiger charge is 2.38. The molecule has 2 fully saturated rings. The van der Waals surface area contributed by atoms with Gasteiger partial charge in [-0.2, -0.15) is 0 Å². The van der Waals surface area contributed by atoms with E-state index in [1.807, 2.05) is 13.1 Å². The van der Waals surface area contributed by atoms with E-state index in [-0.39, 0.29) is 5.91 Å². The van der Waals surface area contributed by atoms with Gasteiger partial charge in [-0.3, -0.25) is 14.7 Å². The third-order valence-electron chi connectivity index (χ3n) is 5.66. The quantitative estimate of drug-likeness (QED) is 0.851. The number of carbonyl (C=O) groups is 1. The van der Waals surface area contributed by atoms with Gasteiger partial charge in [0.2, 0.25) is 5.91 Å². The zero-order valence-corrected chi connectivity index (χ0v) is 15.3. The first-order valence-corrected chi connectivity index (χ1v) is 9.03. The Bertz CT molecular complexity index is 617. The predicted octanol–water partition coefficient (Wildman–Crippen LogP) is 2.68. The van der Waals surface area contributed by atoms with Crippen LogP contribution < -0.4 is 4.74 Å². The zero-order valence-electron chi connectivity index (χ0n) is 15.3. The van der Waals surface area contributed by atoms with Crippen LogP contribution in [-0.4, -0.2) is 53.0 Å². The van der Waals surface area contributed by atoms with Crippen molar-refractivity contribution in [3.63, 3.8) is 0 Å². The van der Waals surface area contributed by atoms with Crippen molar-refractivity contribution < 1.29 is 9.53 Å². The molecule has 1 aromatic heterocycles. The monoisotopic (exact) mass is 331 g/mol. The minimum absolute atomic E-state index is 0.218. The molecule has 132 valence electrons. The van der Waals surface area contributed by atoms with Gasteiger partial charge in [0, 0.05) is 49.4 Å². The summed E-state index contributed by atoms with van der Waals surface area (Å²) in [7, 11) is 1.72. The summed E-state index contributed by atoms with van der Waals surface area (Å²) in [5.41, 5.74) is 3.31. The number of rotatable bonds is 4. The largest absolute Gasteiger partial charge is 0.496 e. The molecule has 0 radical (unpaired) electrons. The molecule has 0 aliphatic carbocycles. The maximum absolute atomic E-state index is 11.9. The second-order valence-electron chi connectivity index (χ2n) is 7.15. The molecule has 3 rings (SSSR count). The lowest BCUT2D eigenvalue weighted by Crippen LogP contribution is -2.47. The predicted molar refractivity (Wildman–Crippen MR) is 94.1 cm³/mol. The topological polar surface area (TPSA) is 45.7 Å². The highest BCUT2D eigenvalue weighted by molar-refractivity contribution is 5.74. The molecule has 2 aliphatic rings. The van der Waals surface area contributed by atoms with Crippen molar-refractivity contribution in [1.82, 2.24) is 14.8 Å². The number of methoxy groups -OCH3 is 1. The van der Waals surface area contributed by atoms with Gasteiger partial charge in [-0.1, -0.05) is 0 Å². The van der Waals surface area contributed by atoms with Crippen LogP contribution in [0.2, 0.25) is 0 Å². The van der Waals surface area contributed by atoms with Crippen molar-refractivity contribution in [3.8, 4) is 5.75 Å². The molecule has 2 atom stereocenters. The number of amides is 1. The smallest absolute Gasteiger partial charge is 0.219 e. The first kappa shape index (κ1) is 17.2. The van der Waals surface area contributed by atoms with Gasteiger partial charge >= 0.3 is 0 Å². The molecule has 0 N–H and O–H groups in total. The lowest BCUT2D eigenvalue weighted by Gasteiger charge is -2.34. The second-order valence-corrected chi connectivity index (χ2v) is 7.15. The molecule has 24 heavy (non-hydrogen) atoms. The average molecular weight is 331 g/mol. The minimum atomic E-state index is 0.218. The lowest BCUT2D eigenvalue weighted by atomic mass is 10.0. The van der Waals surface area contributed by atoms with Gasteiger partial charge in [-0.25, -0.2) is 0 Å². The van der Waals surface area contributed by atoms with E-state index < -0.39 is 0 Å². The van der Waals surface area contributed by atoms with Crippen molar-refractivity contribution in [2.24, 2.45) is 0 Å². The molecular formula is C19H29N3O2. The Morgan fingerprint density at radius 3 is 2.67 bits per heavy atom. The van der Waals surface area contributed by atoms with Crippen LogP contribution in [0.5, 0.6) is 5.75 Å². The summed E-state index contributed by atoms with van der Waals surface area (Å²) in [6.07, 6.45) is 6.55. The number of hydrogen-bond acceptors (Lipinski definition) is 4. The summed E-state index contributed by atoms with van der Waals surface area (Å²) < 4.78 is 5.54. The molecule has 0 spiro atoms. The number of hydrogen-bond donors (Lipinski definition) is 0. The Hall–Kier alpha value is -1.62. The standard InChI is InChI=1S/C19H29N3O2/c1-13-11-20-16(14(2)19(13)24-4)12-21-9-5-7-17(21)18-8-6-10-22(18)15(3)23/h11,17-18H,5-10,12H2,1-4H3. The first-order chi connectivity index (χ1) is 11.5. The summed E-state index contributed by atoms with van der Waals surface area (Å²) in [5.74, 6) is 1.16. The van der Waals surface area contributed by atoms with Crippen LogP contribution in [0.25, 0.3) is 0 Å². The molecule has 2 aliphatic heterocycles. The summed E-state index contributed by atoms with van der Waals surface area (Å²) in [6, 6.07) is 0.836. The fraction of sp³-hybridized carbons (Fsp3) is 0.684. The van der Waals surface area contributed by atoms with Crippen LogP contribution in [0.4, 0.5) is 0 Å². The Kier molecular flexibility index (Phi) is 5.09. The summed E-state index contributed by atoms with van der Waals surface area (Å²) in [5, 5.41) is 0. The normalized spacial score (nSPS) is 24.6. The van der Waals surface area contributed by atoms with Crippen molar-refractivity contribution in [2.75, 3.05) is 20.2 Å². The van der Waals surface area contributed by atoms with E-state index in [2.05, 4.69) is 21.7 Å². The first-order valence-electron chi connectivity index (χ1n) is 9.03. The number of carbonyl (C=O) groups excluding carboxylic acids is 1. The van der Waals surface area contributed by atoms with Crippen molar-refractivity contribution in [2.45, 2.75) is 65.1 Å². The Morgan fingerprint density at radius 1 is 1.25 bits per heavy atom. The number of ether oxygens (including phenoxy) is 1. The third kappa shape index (κ3) is 3.14. The van der Waals surface area contributed by atoms with Crippen molar-refractivity contribution >= 4 is 5.91 Å². The van der Waals surface area contributed by atoms with Crippen LogP contribution in [-0.2, 0) is 11.3 Å². The molecular weight excluding hydrogens is 302 g/mol. The fourth-order valence-corrected chi connectivity index (χ4v) is 4.49. The molecule has 2 saturated heterocycles. The second kappa shape index (κ2) is 7.09. The number of aromatic nitrogens is 1. The maximum Gasteiger partial charge on any atom is 0.219 e. The van der Waals surface area contributed by atoms with Gasteiger partial charge in [0.25, 0.3) is 0 Å². The number of nitrogens with zero attached hydrogens (tertiary/aromatic N) is 3. The molecule has 0 bridgehead atoms. The van der Waals surface area contributed by atoms with Gasteiger partial charge in [0.1, 0.15) is 5.75 Å². The van der Waals surface area contributed by atoms with Crippen molar-refractivity contribution in [1.29, 1.82) is 0 Å². The third-order valence-corrected chi connectivity index (χ3v) is 5.66. The van der Waals surface area contributed by atoms with E-state index in [4.69, 9.17) is 4.74 Å². The number of aryl methyl sites for hydroxylation is 1. The van der Waals surface area contributed by atoms with Crippen LogP contribution >= 0.6 is 0 Å². The van der Waals surface area contributed by atoms with Gasteiger partial charge in [0.05, 0.1) is 12.8 Å². The summed E-state index contributed by atoms with van der Waals surface area (Å²) in [4.78, 5) is 21.2. The van der Waals surface area contributed by atoms with Crippen LogP contribution in [0.15, 0.2) is 6.20 Å².